The van der Waals surface area contributed by atoms with Gasteiger partial charge in [0.15, 0.2) is 0 Å². The van der Waals surface area contributed by atoms with Crippen molar-refractivity contribution in [3.8, 4) is 0 Å². The van der Waals surface area contributed by atoms with Gasteiger partial charge in [0.25, 0.3) is 0 Å². The van der Waals surface area contributed by atoms with Gasteiger partial charge in [-0.2, -0.15) is 0 Å². The third-order valence-electron chi connectivity index (χ3n) is 3.98. The number of carbonyl (C=O) groups is 1. The summed E-state index contributed by atoms with van der Waals surface area (Å²) < 4.78 is 0.812. The largest absolute Gasteiger partial charge is 0.478 e. The lowest BCUT2D eigenvalue weighted by molar-refractivity contribution is 0.0697. The quantitative estimate of drug-likeness (QED) is 0.855. The molecule has 1 fully saturated rings. The summed E-state index contributed by atoms with van der Waals surface area (Å²) in [5, 5.41) is 12.4. The Morgan fingerprint density at radius 3 is 2.63 bits per heavy atom. The molecule has 0 aliphatic heterocycles. The van der Waals surface area contributed by atoms with E-state index in [0.717, 1.165) is 16.7 Å². The zero-order valence-corrected chi connectivity index (χ0v) is 12.8. The van der Waals surface area contributed by atoms with Crippen LogP contribution in [0.15, 0.2) is 22.7 Å². The zero-order chi connectivity index (χ0) is 13.9. The number of carboxylic acids is 1. The first-order chi connectivity index (χ1) is 9.00. The minimum atomic E-state index is -0.897. The molecule has 0 unspecified atom stereocenters. The number of halogens is 1. The minimum Gasteiger partial charge on any atom is -0.478 e. The molecule has 0 atom stereocenters. The fourth-order valence-corrected chi connectivity index (χ4v) is 3.20. The van der Waals surface area contributed by atoms with Gasteiger partial charge in [-0.1, -0.05) is 26.2 Å². The molecule has 2 N–H and O–H groups in total. The molecule has 0 radical (unpaired) electrons. The van der Waals surface area contributed by atoms with Crippen LogP contribution in [-0.2, 0) is 0 Å². The summed E-state index contributed by atoms with van der Waals surface area (Å²) in [5.74, 6) is -0.897. The molecule has 104 valence electrons. The number of hydrogen-bond donors (Lipinski definition) is 2. The maximum atomic E-state index is 10.9. The molecule has 1 aromatic rings. The first-order valence-electron chi connectivity index (χ1n) is 6.77. The van der Waals surface area contributed by atoms with Crippen LogP contribution in [0.2, 0.25) is 0 Å². The molecule has 2 rings (SSSR count). The van der Waals surface area contributed by atoms with E-state index >= 15 is 0 Å². The number of nitrogens with one attached hydrogen (secondary N) is 1. The van der Waals surface area contributed by atoms with Crippen molar-refractivity contribution in [3.05, 3.63) is 28.2 Å². The third kappa shape index (κ3) is 3.72. The minimum absolute atomic E-state index is 0.307. The lowest BCUT2D eigenvalue weighted by Gasteiger charge is -2.34. The van der Waals surface area contributed by atoms with E-state index in [9.17, 15) is 4.79 Å². The second-order valence-electron chi connectivity index (χ2n) is 5.72. The number of anilines is 1. The predicted octanol–water partition coefficient (Wildman–Crippen LogP) is 4.53. The first-order valence-corrected chi connectivity index (χ1v) is 7.56. The molecule has 19 heavy (non-hydrogen) atoms. The van der Waals surface area contributed by atoms with E-state index in [0.29, 0.717) is 11.0 Å². The van der Waals surface area contributed by atoms with Crippen molar-refractivity contribution in [3.63, 3.8) is 0 Å². The summed E-state index contributed by atoms with van der Waals surface area (Å²) in [5.41, 5.74) is 1.64. The van der Waals surface area contributed by atoms with Gasteiger partial charge in [0.05, 0.1) is 5.56 Å². The Kier molecular flexibility index (Phi) is 4.50. The lowest BCUT2D eigenvalue weighted by Crippen LogP contribution is -2.29. The van der Waals surface area contributed by atoms with Gasteiger partial charge in [0, 0.05) is 16.7 Å². The average molecular weight is 326 g/mol. The fourth-order valence-electron chi connectivity index (χ4n) is 2.68. The van der Waals surface area contributed by atoms with Crippen molar-refractivity contribution >= 4 is 27.6 Å². The standard InChI is InChI=1S/C15H20BrNO2/c1-15(7-3-2-4-8-15)10-17-13-6-5-11(14(18)19)9-12(13)16/h5-6,9,17H,2-4,7-8,10H2,1H3,(H,18,19). The fraction of sp³-hybridized carbons (Fsp3) is 0.533. The highest BCUT2D eigenvalue weighted by Crippen LogP contribution is 2.36. The monoisotopic (exact) mass is 325 g/mol. The molecule has 0 spiro atoms. The second kappa shape index (κ2) is 5.95. The molecule has 3 nitrogen and oxygen atoms in total. The molecule has 1 aromatic carbocycles. The highest BCUT2D eigenvalue weighted by molar-refractivity contribution is 9.10. The van der Waals surface area contributed by atoms with E-state index in [2.05, 4.69) is 28.2 Å². The molecule has 1 aliphatic rings. The Bertz CT molecular complexity index is 467. The summed E-state index contributed by atoms with van der Waals surface area (Å²) in [7, 11) is 0. The Hall–Kier alpha value is -1.03. The number of hydrogen-bond acceptors (Lipinski definition) is 2. The van der Waals surface area contributed by atoms with Crippen LogP contribution in [0.1, 0.15) is 49.4 Å². The normalized spacial score (nSPS) is 18.0. The first kappa shape index (κ1) is 14.4. The van der Waals surface area contributed by atoms with Gasteiger partial charge in [-0.15, -0.1) is 0 Å². The van der Waals surface area contributed by atoms with E-state index in [1.807, 2.05) is 6.07 Å². The van der Waals surface area contributed by atoms with Crippen molar-refractivity contribution in [2.75, 3.05) is 11.9 Å². The maximum Gasteiger partial charge on any atom is 0.335 e. The Labute approximate surface area is 122 Å². The molecule has 1 saturated carbocycles. The van der Waals surface area contributed by atoms with E-state index in [4.69, 9.17) is 5.11 Å². The van der Waals surface area contributed by atoms with Gasteiger partial charge in [-0.05, 0) is 52.4 Å². The predicted molar refractivity (Wildman–Crippen MR) is 80.8 cm³/mol. The van der Waals surface area contributed by atoms with E-state index in [1.165, 1.54) is 32.1 Å². The molecule has 1 aliphatic carbocycles. The average Bonchev–Trinajstić information content (AvgIpc) is 2.38. The van der Waals surface area contributed by atoms with Crippen molar-refractivity contribution < 1.29 is 9.90 Å². The van der Waals surface area contributed by atoms with Crippen LogP contribution in [0.25, 0.3) is 0 Å². The number of carboxylic acid groups (broad SMARTS) is 1. The van der Waals surface area contributed by atoms with Crippen molar-refractivity contribution in [2.24, 2.45) is 5.41 Å². The number of benzene rings is 1. The zero-order valence-electron chi connectivity index (χ0n) is 11.2. The van der Waals surface area contributed by atoms with Crippen LogP contribution in [-0.4, -0.2) is 17.6 Å². The summed E-state index contributed by atoms with van der Waals surface area (Å²) in [6.45, 7) is 3.27. The van der Waals surface area contributed by atoms with Gasteiger partial charge < -0.3 is 10.4 Å². The van der Waals surface area contributed by atoms with Crippen LogP contribution in [0.3, 0.4) is 0 Å². The van der Waals surface area contributed by atoms with E-state index < -0.39 is 5.97 Å². The summed E-state index contributed by atoms with van der Waals surface area (Å²) in [6.07, 6.45) is 6.52. The van der Waals surface area contributed by atoms with Crippen LogP contribution < -0.4 is 5.32 Å². The Morgan fingerprint density at radius 1 is 1.37 bits per heavy atom. The molecular weight excluding hydrogens is 306 g/mol. The molecular formula is C15H20BrNO2. The van der Waals surface area contributed by atoms with Crippen LogP contribution in [0, 0.1) is 5.41 Å². The van der Waals surface area contributed by atoms with E-state index in [-0.39, 0.29) is 0 Å². The van der Waals surface area contributed by atoms with Crippen molar-refractivity contribution in [1.29, 1.82) is 0 Å². The smallest absolute Gasteiger partial charge is 0.335 e. The van der Waals surface area contributed by atoms with E-state index in [1.54, 1.807) is 12.1 Å². The Morgan fingerprint density at radius 2 is 2.05 bits per heavy atom. The van der Waals surface area contributed by atoms with Crippen LogP contribution in [0.5, 0.6) is 0 Å². The van der Waals surface area contributed by atoms with Gasteiger partial charge in [-0.25, -0.2) is 4.79 Å². The highest BCUT2D eigenvalue weighted by atomic mass is 79.9. The Balaban J connectivity index is 2.01. The van der Waals surface area contributed by atoms with Crippen molar-refractivity contribution in [1.82, 2.24) is 0 Å². The van der Waals surface area contributed by atoms with Crippen molar-refractivity contribution in [2.45, 2.75) is 39.0 Å². The molecule has 4 heteroatoms. The summed E-state index contributed by atoms with van der Waals surface area (Å²) >= 11 is 3.43. The van der Waals surface area contributed by atoms with Crippen LogP contribution >= 0.6 is 15.9 Å². The molecule has 0 heterocycles. The van der Waals surface area contributed by atoms with Gasteiger partial charge >= 0.3 is 5.97 Å². The lowest BCUT2D eigenvalue weighted by atomic mass is 9.76. The highest BCUT2D eigenvalue weighted by Gasteiger charge is 2.26. The molecule has 0 saturated heterocycles. The SMILES string of the molecule is CC1(CNc2ccc(C(=O)O)cc2Br)CCCCC1. The molecule has 0 aromatic heterocycles. The third-order valence-corrected chi connectivity index (χ3v) is 4.64. The molecule has 0 bridgehead atoms. The van der Waals surface area contributed by atoms with Crippen LogP contribution in [0.4, 0.5) is 5.69 Å². The van der Waals surface area contributed by atoms with Gasteiger partial charge in [0.2, 0.25) is 0 Å². The van der Waals surface area contributed by atoms with Gasteiger partial charge in [-0.3, -0.25) is 0 Å². The summed E-state index contributed by atoms with van der Waals surface area (Å²) in [6, 6.07) is 5.12. The summed E-state index contributed by atoms with van der Waals surface area (Å²) in [4.78, 5) is 10.9. The topological polar surface area (TPSA) is 49.3 Å². The number of rotatable bonds is 4. The number of aromatic carboxylic acids is 1. The molecule has 0 amide bonds. The maximum absolute atomic E-state index is 10.9. The van der Waals surface area contributed by atoms with Gasteiger partial charge in [0.1, 0.15) is 0 Å². The second-order valence-corrected chi connectivity index (χ2v) is 6.58.